The van der Waals surface area contributed by atoms with Crippen LogP contribution in [-0.2, 0) is 9.53 Å². The number of rotatable bonds is 4. The maximum Gasteiger partial charge on any atom is 0.325 e. The maximum absolute atomic E-state index is 11.8. The van der Waals surface area contributed by atoms with E-state index in [-0.39, 0.29) is 24.6 Å². The van der Waals surface area contributed by atoms with Gasteiger partial charge in [0.15, 0.2) is 0 Å². The number of H-pyrrole nitrogens is 1. The number of carbonyl (C=O) groups is 2. The van der Waals surface area contributed by atoms with E-state index in [4.69, 9.17) is 4.74 Å². The van der Waals surface area contributed by atoms with Crippen molar-refractivity contribution in [2.75, 3.05) is 20.2 Å². The Morgan fingerprint density at radius 1 is 1.41 bits per heavy atom. The van der Waals surface area contributed by atoms with Crippen LogP contribution in [0.25, 0.3) is 0 Å². The SMILES string of the molecule is CCOC(=O)CN(C)C(=O)c1ccc(=O)[nH]c1. The number of amides is 1. The molecule has 1 rings (SSSR count). The Kier molecular flexibility index (Phi) is 4.45. The summed E-state index contributed by atoms with van der Waals surface area (Å²) < 4.78 is 4.73. The number of hydrogen-bond donors (Lipinski definition) is 1. The van der Waals surface area contributed by atoms with Gasteiger partial charge in [-0.1, -0.05) is 0 Å². The van der Waals surface area contributed by atoms with Gasteiger partial charge in [-0.15, -0.1) is 0 Å². The van der Waals surface area contributed by atoms with Crippen LogP contribution in [0.2, 0.25) is 0 Å². The topological polar surface area (TPSA) is 79.5 Å². The number of aromatic amines is 1. The lowest BCUT2D eigenvalue weighted by Crippen LogP contribution is -2.33. The van der Waals surface area contributed by atoms with Crippen LogP contribution >= 0.6 is 0 Å². The first kappa shape index (κ1) is 13.0. The van der Waals surface area contributed by atoms with Crippen molar-refractivity contribution in [2.45, 2.75) is 6.92 Å². The summed E-state index contributed by atoms with van der Waals surface area (Å²) in [7, 11) is 1.49. The van der Waals surface area contributed by atoms with E-state index in [0.29, 0.717) is 5.56 Å². The van der Waals surface area contributed by atoms with Gasteiger partial charge in [-0.2, -0.15) is 0 Å². The molecule has 0 saturated carbocycles. The Morgan fingerprint density at radius 3 is 2.65 bits per heavy atom. The van der Waals surface area contributed by atoms with Gasteiger partial charge in [-0.25, -0.2) is 0 Å². The molecule has 0 bridgehead atoms. The second-order valence-electron chi connectivity index (χ2n) is 3.41. The monoisotopic (exact) mass is 238 g/mol. The molecule has 6 heteroatoms. The molecule has 17 heavy (non-hydrogen) atoms. The first-order valence-corrected chi connectivity index (χ1v) is 5.14. The third-order valence-corrected chi connectivity index (χ3v) is 2.05. The van der Waals surface area contributed by atoms with Crippen molar-refractivity contribution in [3.05, 3.63) is 34.2 Å². The fraction of sp³-hybridized carbons (Fsp3) is 0.364. The molecule has 0 aliphatic carbocycles. The molecule has 0 radical (unpaired) electrons. The Labute approximate surface area is 98.2 Å². The minimum atomic E-state index is -0.465. The molecule has 0 atom stereocenters. The van der Waals surface area contributed by atoms with E-state index in [1.165, 1.54) is 30.3 Å². The summed E-state index contributed by atoms with van der Waals surface area (Å²) in [6.45, 7) is 1.85. The van der Waals surface area contributed by atoms with Crippen molar-refractivity contribution in [1.29, 1.82) is 0 Å². The summed E-state index contributed by atoms with van der Waals surface area (Å²) in [6, 6.07) is 2.66. The molecule has 1 heterocycles. The number of hydrogen-bond acceptors (Lipinski definition) is 4. The Hall–Kier alpha value is -2.11. The van der Waals surface area contributed by atoms with Crippen LogP contribution < -0.4 is 5.56 Å². The molecule has 0 spiro atoms. The Balaban J connectivity index is 2.66. The highest BCUT2D eigenvalue weighted by atomic mass is 16.5. The van der Waals surface area contributed by atoms with E-state index in [1.807, 2.05) is 0 Å². The standard InChI is InChI=1S/C11H14N2O4/c1-3-17-10(15)7-13(2)11(16)8-4-5-9(14)12-6-8/h4-6H,3,7H2,1-2H3,(H,12,14). The lowest BCUT2D eigenvalue weighted by atomic mass is 10.2. The first-order chi connectivity index (χ1) is 8.04. The number of nitrogens with one attached hydrogen (secondary N) is 1. The molecule has 1 amide bonds. The zero-order valence-corrected chi connectivity index (χ0v) is 9.73. The van der Waals surface area contributed by atoms with Crippen molar-refractivity contribution in [3.63, 3.8) is 0 Å². The maximum atomic E-state index is 11.8. The largest absolute Gasteiger partial charge is 0.465 e. The molecule has 1 aromatic rings. The van der Waals surface area contributed by atoms with Crippen molar-refractivity contribution < 1.29 is 14.3 Å². The van der Waals surface area contributed by atoms with Crippen LogP contribution in [0.15, 0.2) is 23.1 Å². The summed E-state index contributed by atoms with van der Waals surface area (Å²) in [5.74, 6) is -0.818. The number of ether oxygens (including phenoxy) is 1. The number of esters is 1. The van der Waals surface area contributed by atoms with E-state index in [0.717, 1.165) is 0 Å². The molecule has 0 unspecified atom stereocenters. The van der Waals surface area contributed by atoms with Gasteiger partial charge in [0.05, 0.1) is 12.2 Å². The molecule has 0 saturated heterocycles. The van der Waals surface area contributed by atoms with Crippen LogP contribution in [0.5, 0.6) is 0 Å². The predicted octanol–water partition coefficient (Wildman–Crippen LogP) is 0.01000. The first-order valence-electron chi connectivity index (χ1n) is 5.14. The number of nitrogens with zero attached hydrogens (tertiary/aromatic N) is 1. The van der Waals surface area contributed by atoms with Gasteiger partial charge in [0.1, 0.15) is 6.54 Å². The number of carbonyl (C=O) groups excluding carboxylic acids is 2. The molecule has 92 valence electrons. The van der Waals surface area contributed by atoms with E-state index >= 15 is 0 Å². The zero-order valence-electron chi connectivity index (χ0n) is 9.73. The van der Waals surface area contributed by atoms with Crippen molar-refractivity contribution in [1.82, 2.24) is 9.88 Å². The van der Waals surface area contributed by atoms with E-state index in [1.54, 1.807) is 6.92 Å². The van der Waals surface area contributed by atoms with E-state index < -0.39 is 5.97 Å². The summed E-state index contributed by atoms with van der Waals surface area (Å²) in [5, 5.41) is 0. The van der Waals surface area contributed by atoms with Crippen LogP contribution in [-0.4, -0.2) is 42.0 Å². The molecule has 0 aliphatic rings. The van der Waals surface area contributed by atoms with Crippen LogP contribution in [0.4, 0.5) is 0 Å². The third kappa shape index (κ3) is 3.75. The number of likely N-dealkylation sites (N-methyl/N-ethyl adjacent to an activating group) is 1. The minimum absolute atomic E-state index is 0.119. The molecular formula is C11H14N2O4. The van der Waals surface area contributed by atoms with Gasteiger partial charge < -0.3 is 14.6 Å². The third-order valence-electron chi connectivity index (χ3n) is 2.05. The molecule has 0 fully saturated rings. The van der Waals surface area contributed by atoms with Gasteiger partial charge >= 0.3 is 5.97 Å². The lowest BCUT2D eigenvalue weighted by molar-refractivity contribution is -0.143. The van der Waals surface area contributed by atoms with Crippen molar-refractivity contribution >= 4 is 11.9 Å². The summed E-state index contributed by atoms with van der Waals surface area (Å²) in [5.41, 5.74) is 0.0333. The molecular weight excluding hydrogens is 224 g/mol. The van der Waals surface area contributed by atoms with E-state index in [2.05, 4.69) is 4.98 Å². The highest BCUT2D eigenvalue weighted by Gasteiger charge is 2.15. The normalized spacial score (nSPS) is 9.76. The molecule has 1 aromatic heterocycles. The number of pyridine rings is 1. The average molecular weight is 238 g/mol. The predicted molar refractivity (Wildman–Crippen MR) is 60.7 cm³/mol. The number of aromatic nitrogens is 1. The average Bonchev–Trinajstić information content (AvgIpc) is 2.29. The molecule has 0 aliphatic heterocycles. The van der Waals surface area contributed by atoms with Crippen molar-refractivity contribution in [3.8, 4) is 0 Å². The molecule has 6 nitrogen and oxygen atoms in total. The summed E-state index contributed by atoms with van der Waals surface area (Å²) in [4.78, 5) is 37.4. The molecule has 0 aromatic carbocycles. The van der Waals surface area contributed by atoms with Crippen LogP contribution in [0, 0.1) is 0 Å². The van der Waals surface area contributed by atoms with Crippen LogP contribution in [0.3, 0.4) is 0 Å². The zero-order chi connectivity index (χ0) is 12.8. The van der Waals surface area contributed by atoms with Gasteiger partial charge in [0.2, 0.25) is 5.56 Å². The minimum Gasteiger partial charge on any atom is -0.465 e. The highest BCUT2D eigenvalue weighted by molar-refractivity contribution is 5.95. The molecule has 1 N–H and O–H groups in total. The summed E-state index contributed by atoms with van der Waals surface area (Å²) >= 11 is 0. The van der Waals surface area contributed by atoms with Gasteiger partial charge in [0, 0.05) is 19.3 Å². The fourth-order valence-electron chi connectivity index (χ4n) is 1.24. The Morgan fingerprint density at radius 2 is 2.12 bits per heavy atom. The van der Waals surface area contributed by atoms with Gasteiger partial charge in [-0.3, -0.25) is 14.4 Å². The lowest BCUT2D eigenvalue weighted by Gasteiger charge is -2.15. The smallest absolute Gasteiger partial charge is 0.325 e. The van der Waals surface area contributed by atoms with Gasteiger partial charge in [-0.05, 0) is 13.0 Å². The second kappa shape index (κ2) is 5.83. The van der Waals surface area contributed by atoms with Crippen molar-refractivity contribution in [2.24, 2.45) is 0 Å². The highest BCUT2D eigenvalue weighted by Crippen LogP contribution is 1.99. The fourth-order valence-corrected chi connectivity index (χ4v) is 1.24. The summed E-state index contributed by atoms with van der Waals surface area (Å²) in [6.07, 6.45) is 1.31. The van der Waals surface area contributed by atoms with Gasteiger partial charge in [0.25, 0.3) is 5.91 Å². The second-order valence-corrected chi connectivity index (χ2v) is 3.41. The Bertz CT molecular complexity index is 446. The van der Waals surface area contributed by atoms with Crippen LogP contribution in [0.1, 0.15) is 17.3 Å². The quantitative estimate of drug-likeness (QED) is 0.749. The van der Waals surface area contributed by atoms with E-state index in [9.17, 15) is 14.4 Å².